The SMILES string of the molecule is CCNC(=S)NN=Cc1cccc(OC)c1OCc1cccc(C(=O)O)c1. The van der Waals surface area contributed by atoms with Gasteiger partial charge in [0.2, 0.25) is 0 Å². The number of rotatable bonds is 8. The van der Waals surface area contributed by atoms with E-state index in [0.717, 1.165) is 5.56 Å². The van der Waals surface area contributed by atoms with Crippen molar-refractivity contribution < 1.29 is 19.4 Å². The Balaban J connectivity index is 2.17. The number of thiocarbonyl (C=S) groups is 1. The van der Waals surface area contributed by atoms with E-state index in [0.29, 0.717) is 28.7 Å². The van der Waals surface area contributed by atoms with E-state index in [2.05, 4.69) is 15.8 Å². The zero-order chi connectivity index (χ0) is 19.6. The Morgan fingerprint density at radius 3 is 2.78 bits per heavy atom. The maximum absolute atomic E-state index is 11.1. The topological polar surface area (TPSA) is 92.2 Å². The van der Waals surface area contributed by atoms with Crippen molar-refractivity contribution in [2.75, 3.05) is 13.7 Å². The number of aromatic carboxylic acids is 1. The molecule has 0 unspecified atom stereocenters. The summed E-state index contributed by atoms with van der Waals surface area (Å²) in [6, 6.07) is 12.0. The van der Waals surface area contributed by atoms with E-state index < -0.39 is 5.97 Å². The van der Waals surface area contributed by atoms with Gasteiger partial charge < -0.3 is 19.9 Å². The van der Waals surface area contributed by atoms with E-state index in [1.807, 2.05) is 19.1 Å². The lowest BCUT2D eigenvalue weighted by Gasteiger charge is -2.13. The first-order valence-corrected chi connectivity index (χ1v) is 8.65. The predicted octanol–water partition coefficient (Wildman–Crippen LogP) is 2.79. The summed E-state index contributed by atoms with van der Waals surface area (Å²) < 4.78 is 11.3. The van der Waals surface area contributed by atoms with Gasteiger partial charge in [-0.15, -0.1) is 0 Å². The lowest BCUT2D eigenvalue weighted by atomic mass is 10.1. The minimum atomic E-state index is -0.982. The average molecular weight is 387 g/mol. The summed E-state index contributed by atoms with van der Waals surface area (Å²) >= 11 is 5.06. The van der Waals surface area contributed by atoms with Crippen molar-refractivity contribution in [1.82, 2.24) is 10.7 Å². The number of carboxylic acids is 1. The van der Waals surface area contributed by atoms with Gasteiger partial charge in [-0.1, -0.05) is 18.2 Å². The molecule has 0 atom stereocenters. The fourth-order valence-electron chi connectivity index (χ4n) is 2.26. The largest absolute Gasteiger partial charge is 0.493 e. The second kappa shape index (κ2) is 10.1. The number of carbonyl (C=O) groups is 1. The van der Waals surface area contributed by atoms with Gasteiger partial charge in [0.05, 0.1) is 18.9 Å². The maximum atomic E-state index is 11.1. The van der Waals surface area contributed by atoms with Crippen LogP contribution in [0.3, 0.4) is 0 Å². The second-order valence-electron chi connectivity index (χ2n) is 5.40. The highest BCUT2D eigenvalue weighted by molar-refractivity contribution is 7.80. The molecule has 27 heavy (non-hydrogen) atoms. The number of hydrogen-bond acceptors (Lipinski definition) is 5. The molecule has 0 saturated heterocycles. The van der Waals surface area contributed by atoms with Gasteiger partial charge in [-0.3, -0.25) is 5.43 Å². The van der Waals surface area contributed by atoms with Crippen molar-refractivity contribution in [3.8, 4) is 11.5 Å². The summed E-state index contributed by atoms with van der Waals surface area (Å²) in [5, 5.41) is 16.6. The average Bonchev–Trinajstić information content (AvgIpc) is 2.67. The Hall–Kier alpha value is -3.13. The fraction of sp³-hybridized carbons (Fsp3) is 0.211. The molecule has 0 heterocycles. The van der Waals surface area contributed by atoms with E-state index in [1.165, 1.54) is 6.07 Å². The molecule has 0 bridgehead atoms. The summed E-state index contributed by atoms with van der Waals surface area (Å²) in [5.74, 6) is 0.0629. The van der Waals surface area contributed by atoms with Crippen molar-refractivity contribution >= 4 is 29.5 Å². The summed E-state index contributed by atoms with van der Waals surface area (Å²) in [4.78, 5) is 11.1. The van der Waals surface area contributed by atoms with E-state index in [4.69, 9.17) is 26.8 Å². The summed E-state index contributed by atoms with van der Waals surface area (Å²) in [6.45, 7) is 2.82. The Morgan fingerprint density at radius 1 is 1.30 bits per heavy atom. The first-order valence-electron chi connectivity index (χ1n) is 8.24. The molecule has 7 nitrogen and oxygen atoms in total. The molecule has 0 amide bonds. The number of nitrogens with one attached hydrogen (secondary N) is 2. The highest BCUT2D eigenvalue weighted by Crippen LogP contribution is 2.30. The van der Waals surface area contributed by atoms with Crippen LogP contribution in [0.1, 0.15) is 28.4 Å². The quantitative estimate of drug-likeness (QED) is 0.364. The molecule has 0 aliphatic rings. The molecule has 8 heteroatoms. The first-order chi connectivity index (χ1) is 13.0. The van der Waals surface area contributed by atoms with Crippen LogP contribution in [0.2, 0.25) is 0 Å². The molecule has 0 saturated carbocycles. The van der Waals surface area contributed by atoms with Crippen LogP contribution in [-0.2, 0) is 6.61 Å². The molecule has 2 aromatic rings. The maximum Gasteiger partial charge on any atom is 0.335 e. The van der Waals surface area contributed by atoms with Gasteiger partial charge in [0, 0.05) is 12.1 Å². The van der Waals surface area contributed by atoms with Crippen LogP contribution < -0.4 is 20.2 Å². The summed E-state index contributed by atoms with van der Waals surface area (Å²) in [6.07, 6.45) is 1.58. The molecule has 2 rings (SSSR count). The van der Waals surface area contributed by atoms with Gasteiger partial charge in [0.1, 0.15) is 6.61 Å². The Bertz CT molecular complexity index is 839. The smallest absolute Gasteiger partial charge is 0.335 e. The van der Waals surface area contributed by atoms with Crippen LogP contribution in [0, 0.1) is 0 Å². The molecule has 0 fully saturated rings. The summed E-state index contributed by atoms with van der Waals surface area (Å²) in [7, 11) is 1.55. The fourth-order valence-corrected chi connectivity index (χ4v) is 2.46. The lowest BCUT2D eigenvalue weighted by Crippen LogP contribution is -2.31. The third-order valence-electron chi connectivity index (χ3n) is 3.49. The number of hydrogen-bond donors (Lipinski definition) is 3. The molecule has 2 aromatic carbocycles. The molecule has 142 valence electrons. The van der Waals surface area contributed by atoms with E-state index in [-0.39, 0.29) is 12.2 Å². The molecule has 0 spiro atoms. The standard InChI is InChI=1S/C19H21N3O4S/c1-3-20-19(27)22-21-11-15-8-5-9-16(25-2)17(15)26-12-13-6-4-7-14(10-13)18(23)24/h4-11H,3,12H2,1-2H3,(H,23,24)(H2,20,22,27). The molecule has 0 aliphatic heterocycles. The number of carboxylic acid groups (broad SMARTS) is 1. The molecular weight excluding hydrogens is 366 g/mol. The normalized spacial score (nSPS) is 10.4. The Labute approximate surface area is 163 Å². The zero-order valence-electron chi connectivity index (χ0n) is 15.1. The molecule has 0 radical (unpaired) electrons. The van der Waals surface area contributed by atoms with Gasteiger partial charge in [0.15, 0.2) is 16.6 Å². The predicted molar refractivity (Wildman–Crippen MR) is 108 cm³/mol. The van der Waals surface area contributed by atoms with Crippen LogP contribution in [-0.4, -0.2) is 36.1 Å². The van der Waals surface area contributed by atoms with Gasteiger partial charge in [0.25, 0.3) is 0 Å². The van der Waals surface area contributed by atoms with Crippen LogP contribution in [0.5, 0.6) is 11.5 Å². The van der Waals surface area contributed by atoms with E-state index in [1.54, 1.807) is 37.6 Å². The minimum absolute atomic E-state index is 0.186. The van der Waals surface area contributed by atoms with E-state index >= 15 is 0 Å². The Kier molecular flexibility index (Phi) is 7.57. The van der Waals surface area contributed by atoms with E-state index in [9.17, 15) is 4.79 Å². The molecule has 0 aromatic heterocycles. The van der Waals surface area contributed by atoms with Crippen molar-refractivity contribution in [3.63, 3.8) is 0 Å². The lowest BCUT2D eigenvalue weighted by molar-refractivity contribution is 0.0696. The van der Waals surface area contributed by atoms with Gasteiger partial charge in [-0.05, 0) is 49.0 Å². The van der Waals surface area contributed by atoms with Gasteiger partial charge in [-0.2, -0.15) is 5.10 Å². The molecule has 0 aliphatic carbocycles. The monoisotopic (exact) mass is 387 g/mol. The number of benzene rings is 2. The van der Waals surface area contributed by atoms with Crippen LogP contribution in [0.4, 0.5) is 0 Å². The highest BCUT2D eigenvalue weighted by Gasteiger charge is 2.11. The van der Waals surface area contributed by atoms with Crippen LogP contribution >= 0.6 is 12.2 Å². The van der Waals surface area contributed by atoms with Crippen molar-refractivity contribution in [1.29, 1.82) is 0 Å². The van der Waals surface area contributed by atoms with Crippen molar-refractivity contribution in [3.05, 3.63) is 59.2 Å². The van der Waals surface area contributed by atoms with Crippen molar-refractivity contribution in [2.24, 2.45) is 5.10 Å². The molecule has 3 N–H and O–H groups in total. The van der Waals surface area contributed by atoms with Gasteiger partial charge >= 0.3 is 5.97 Å². The number of nitrogens with zero attached hydrogens (tertiary/aromatic N) is 1. The number of para-hydroxylation sites is 1. The van der Waals surface area contributed by atoms with Crippen LogP contribution in [0.15, 0.2) is 47.6 Å². The third kappa shape index (κ3) is 5.96. The number of ether oxygens (including phenoxy) is 2. The number of methoxy groups -OCH3 is 1. The van der Waals surface area contributed by atoms with Crippen molar-refractivity contribution in [2.45, 2.75) is 13.5 Å². The third-order valence-corrected chi connectivity index (χ3v) is 3.73. The molecular formula is C19H21N3O4S. The Morgan fingerprint density at radius 2 is 2.07 bits per heavy atom. The zero-order valence-corrected chi connectivity index (χ0v) is 15.9. The first kappa shape index (κ1) is 20.2. The summed E-state index contributed by atoms with van der Waals surface area (Å²) in [5.41, 5.74) is 4.35. The van der Waals surface area contributed by atoms with Gasteiger partial charge in [-0.25, -0.2) is 4.79 Å². The van der Waals surface area contributed by atoms with Crippen LogP contribution in [0.25, 0.3) is 0 Å². The highest BCUT2D eigenvalue weighted by atomic mass is 32.1. The second-order valence-corrected chi connectivity index (χ2v) is 5.81. The minimum Gasteiger partial charge on any atom is -0.493 e. The number of hydrazone groups is 1.